The summed E-state index contributed by atoms with van der Waals surface area (Å²) in [6.07, 6.45) is 0. The lowest BCUT2D eigenvalue weighted by Gasteiger charge is -2.08. The van der Waals surface area contributed by atoms with Crippen molar-refractivity contribution in [1.82, 2.24) is 10.2 Å². The normalized spacial score (nSPS) is 10.9. The molecule has 1 N–H and O–H groups in total. The van der Waals surface area contributed by atoms with Crippen LogP contribution in [0.15, 0.2) is 83.3 Å². The van der Waals surface area contributed by atoms with Crippen molar-refractivity contribution in [3.05, 3.63) is 83.9 Å². The van der Waals surface area contributed by atoms with Gasteiger partial charge in [-0.3, -0.25) is 10.1 Å². The van der Waals surface area contributed by atoms with Crippen LogP contribution >= 0.6 is 22.9 Å². The second kappa shape index (κ2) is 8.82. The molecule has 0 aliphatic carbocycles. The Balaban J connectivity index is 1.24. The minimum atomic E-state index is -0.322. The molecule has 0 radical (unpaired) electrons. The Morgan fingerprint density at radius 2 is 1.72 bits per heavy atom. The first-order chi connectivity index (χ1) is 15.7. The second-order valence-corrected chi connectivity index (χ2v) is 8.25. The van der Waals surface area contributed by atoms with Gasteiger partial charge in [0, 0.05) is 10.9 Å². The minimum absolute atomic E-state index is 0.139. The summed E-state index contributed by atoms with van der Waals surface area (Å²) < 4.78 is 11.6. The van der Waals surface area contributed by atoms with Gasteiger partial charge in [-0.15, -0.1) is 10.2 Å². The van der Waals surface area contributed by atoms with Crippen molar-refractivity contribution in [2.75, 3.05) is 11.9 Å². The Labute approximate surface area is 192 Å². The van der Waals surface area contributed by atoms with Crippen molar-refractivity contribution in [2.45, 2.75) is 0 Å². The molecule has 0 aliphatic rings. The van der Waals surface area contributed by atoms with Crippen molar-refractivity contribution < 1.29 is 13.9 Å². The summed E-state index contributed by atoms with van der Waals surface area (Å²) in [5, 5.41) is 14.4. The van der Waals surface area contributed by atoms with Gasteiger partial charge in [-0.2, -0.15) is 0 Å². The molecule has 0 unspecified atom stereocenters. The third-order valence-corrected chi connectivity index (χ3v) is 5.92. The number of rotatable bonds is 6. The zero-order valence-corrected chi connectivity index (χ0v) is 18.2. The molecule has 2 aromatic heterocycles. The van der Waals surface area contributed by atoms with Crippen LogP contribution in [-0.4, -0.2) is 22.7 Å². The van der Waals surface area contributed by atoms with Gasteiger partial charge in [-0.1, -0.05) is 71.5 Å². The van der Waals surface area contributed by atoms with Gasteiger partial charge in [-0.05, 0) is 35.7 Å². The zero-order chi connectivity index (χ0) is 21.9. The summed E-state index contributed by atoms with van der Waals surface area (Å²) >= 11 is 7.45. The van der Waals surface area contributed by atoms with Gasteiger partial charge in [-0.25, -0.2) is 0 Å². The third kappa shape index (κ3) is 4.21. The Morgan fingerprint density at radius 1 is 0.938 bits per heavy atom. The number of carbonyl (C=O) groups is 1. The highest BCUT2D eigenvalue weighted by Crippen LogP contribution is 2.34. The molecule has 0 saturated heterocycles. The molecular formula is C24H16ClN3O3S. The summed E-state index contributed by atoms with van der Waals surface area (Å²) in [6, 6.07) is 24.6. The van der Waals surface area contributed by atoms with Crippen LogP contribution < -0.4 is 10.1 Å². The van der Waals surface area contributed by atoms with Crippen LogP contribution in [0.4, 0.5) is 5.13 Å². The van der Waals surface area contributed by atoms with Gasteiger partial charge in [0.15, 0.2) is 17.4 Å². The first-order valence-corrected chi connectivity index (χ1v) is 11.0. The van der Waals surface area contributed by atoms with E-state index in [4.69, 9.17) is 20.8 Å². The first kappa shape index (κ1) is 20.2. The minimum Gasteiger partial charge on any atom is -0.483 e. The maximum Gasteiger partial charge on any atom is 0.264 e. The number of hydrogen-bond acceptors (Lipinski definition) is 6. The summed E-state index contributed by atoms with van der Waals surface area (Å²) in [6.45, 7) is -0.139. The monoisotopic (exact) mass is 461 g/mol. The van der Waals surface area contributed by atoms with E-state index in [2.05, 4.69) is 15.5 Å². The topological polar surface area (TPSA) is 77.2 Å². The molecule has 0 bridgehead atoms. The molecule has 6 nitrogen and oxygen atoms in total. The van der Waals surface area contributed by atoms with Crippen LogP contribution in [0.3, 0.4) is 0 Å². The highest BCUT2D eigenvalue weighted by molar-refractivity contribution is 7.18. The van der Waals surface area contributed by atoms with E-state index in [-0.39, 0.29) is 12.5 Å². The van der Waals surface area contributed by atoms with Crippen molar-refractivity contribution >= 4 is 44.7 Å². The van der Waals surface area contributed by atoms with Crippen LogP contribution in [0.25, 0.3) is 32.9 Å². The average molecular weight is 462 g/mol. The van der Waals surface area contributed by atoms with E-state index in [9.17, 15) is 4.79 Å². The number of halogens is 1. The molecule has 8 heteroatoms. The van der Waals surface area contributed by atoms with Crippen LogP contribution in [0.5, 0.6) is 5.75 Å². The molecule has 3 aromatic carbocycles. The fourth-order valence-corrected chi connectivity index (χ4v) is 4.20. The lowest BCUT2D eigenvalue weighted by molar-refractivity contribution is -0.118. The fourth-order valence-electron chi connectivity index (χ4n) is 3.25. The van der Waals surface area contributed by atoms with E-state index in [1.807, 2.05) is 66.7 Å². The predicted molar refractivity (Wildman–Crippen MR) is 126 cm³/mol. The number of anilines is 1. The molecule has 0 saturated carbocycles. The number of benzene rings is 3. The molecule has 5 aromatic rings. The number of ether oxygens (including phenoxy) is 1. The first-order valence-electron chi connectivity index (χ1n) is 9.76. The fraction of sp³-hybridized carbons (Fsp3) is 0.0417. The lowest BCUT2D eigenvalue weighted by atomic mass is 10.1. The van der Waals surface area contributed by atoms with Gasteiger partial charge in [0.05, 0.1) is 5.02 Å². The van der Waals surface area contributed by atoms with E-state index in [0.717, 1.165) is 16.3 Å². The molecule has 0 spiro atoms. The van der Waals surface area contributed by atoms with E-state index in [1.54, 1.807) is 12.1 Å². The highest BCUT2D eigenvalue weighted by atomic mass is 35.5. The number of furan rings is 1. The Morgan fingerprint density at radius 3 is 2.62 bits per heavy atom. The second-order valence-electron chi connectivity index (χ2n) is 6.87. The number of amides is 1. The zero-order valence-electron chi connectivity index (χ0n) is 16.6. The predicted octanol–water partition coefficient (Wildman–Crippen LogP) is 6.29. The van der Waals surface area contributed by atoms with Gasteiger partial charge in [0.2, 0.25) is 5.13 Å². The SMILES string of the molecule is O=C(COc1cccc2ccccc12)Nc1nnc(-c2ccc(-c3ccccc3Cl)o2)s1. The van der Waals surface area contributed by atoms with Crippen LogP contribution in [0.2, 0.25) is 5.02 Å². The number of hydrogen-bond donors (Lipinski definition) is 1. The van der Waals surface area contributed by atoms with Gasteiger partial charge in [0.25, 0.3) is 5.91 Å². The van der Waals surface area contributed by atoms with E-state index in [1.165, 1.54) is 11.3 Å². The van der Waals surface area contributed by atoms with Crippen molar-refractivity contribution in [3.8, 4) is 27.8 Å². The van der Waals surface area contributed by atoms with Crippen molar-refractivity contribution in [1.29, 1.82) is 0 Å². The van der Waals surface area contributed by atoms with Gasteiger partial charge < -0.3 is 9.15 Å². The molecule has 2 heterocycles. The summed E-state index contributed by atoms with van der Waals surface area (Å²) in [7, 11) is 0. The van der Waals surface area contributed by atoms with Gasteiger partial charge in [0.1, 0.15) is 11.5 Å². The molecular weight excluding hydrogens is 446 g/mol. The van der Waals surface area contributed by atoms with Crippen LogP contribution in [-0.2, 0) is 4.79 Å². The highest BCUT2D eigenvalue weighted by Gasteiger charge is 2.15. The summed E-state index contributed by atoms with van der Waals surface area (Å²) in [5.74, 6) is 1.51. The third-order valence-electron chi connectivity index (χ3n) is 4.74. The summed E-state index contributed by atoms with van der Waals surface area (Å²) in [5.41, 5.74) is 0.795. The summed E-state index contributed by atoms with van der Waals surface area (Å²) in [4.78, 5) is 12.4. The quantitative estimate of drug-likeness (QED) is 0.321. The molecule has 0 aliphatic heterocycles. The molecule has 1 amide bonds. The molecule has 0 fully saturated rings. The average Bonchev–Trinajstić information content (AvgIpc) is 3.48. The van der Waals surface area contributed by atoms with E-state index < -0.39 is 0 Å². The van der Waals surface area contributed by atoms with Crippen LogP contribution in [0, 0.1) is 0 Å². The Kier molecular flexibility index (Phi) is 5.58. The van der Waals surface area contributed by atoms with Crippen LogP contribution in [0.1, 0.15) is 0 Å². The smallest absolute Gasteiger partial charge is 0.264 e. The molecule has 5 rings (SSSR count). The van der Waals surface area contributed by atoms with Crippen molar-refractivity contribution in [2.24, 2.45) is 0 Å². The molecule has 0 atom stereocenters. The number of carbonyl (C=O) groups excluding carboxylic acids is 1. The molecule has 158 valence electrons. The number of nitrogens with one attached hydrogen (secondary N) is 1. The Hall–Kier alpha value is -3.68. The standard InChI is InChI=1S/C24H16ClN3O3S/c25-18-10-4-3-9-17(18)20-12-13-21(31-20)23-27-28-24(32-23)26-22(29)14-30-19-11-5-7-15-6-1-2-8-16(15)19/h1-13H,14H2,(H,26,28,29). The Bertz CT molecular complexity index is 1410. The maximum atomic E-state index is 12.4. The van der Waals surface area contributed by atoms with Gasteiger partial charge >= 0.3 is 0 Å². The van der Waals surface area contributed by atoms with Crippen molar-refractivity contribution in [3.63, 3.8) is 0 Å². The lowest BCUT2D eigenvalue weighted by Crippen LogP contribution is -2.20. The maximum absolute atomic E-state index is 12.4. The number of fused-ring (bicyclic) bond motifs is 1. The largest absolute Gasteiger partial charge is 0.483 e. The van der Waals surface area contributed by atoms with E-state index in [0.29, 0.717) is 32.4 Å². The number of aromatic nitrogens is 2. The number of nitrogens with zero attached hydrogens (tertiary/aromatic N) is 2. The molecule has 32 heavy (non-hydrogen) atoms. The van der Waals surface area contributed by atoms with E-state index >= 15 is 0 Å².